The number of pyridine rings is 1. The molecule has 1 saturated heterocycles. The van der Waals surface area contributed by atoms with Gasteiger partial charge in [-0.15, -0.1) is 0 Å². The zero-order valence-corrected chi connectivity index (χ0v) is 20.2. The number of ether oxygens (including phenoxy) is 3. The van der Waals surface area contributed by atoms with E-state index in [9.17, 15) is 28.3 Å². The Morgan fingerprint density at radius 2 is 2.05 bits per heavy atom. The Kier molecular flexibility index (Phi) is 8.36. The van der Waals surface area contributed by atoms with Crippen molar-refractivity contribution in [3.8, 4) is 5.75 Å². The van der Waals surface area contributed by atoms with Crippen LogP contribution in [-0.2, 0) is 20.8 Å². The molecule has 4 rings (SSSR count). The van der Waals surface area contributed by atoms with Crippen molar-refractivity contribution < 1.29 is 37.7 Å². The maximum absolute atomic E-state index is 13.9. The predicted molar refractivity (Wildman–Crippen MR) is 126 cm³/mol. The van der Waals surface area contributed by atoms with E-state index < -0.39 is 40.2 Å². The minimum atomic E-state index is -1.05. The first-order valence-corrected chi connectivity index (χ1v) is 11.7. The number of fused-ring (bicyclic) bond motifs is 1. The molecule has 2 N–H and O–H groups in total. The van der Waals surface area contributed by atoms with Crippen molar-refractivity contribution in [2.24, 2.45) is 0 Å². The van der Waals surface area contributed by atoms with Crippen molar-refractivity contribution in [3.05, 3.63) is 63.1 Å². The molecule has 37 heavy (non-hydrogen) atoms. The number of methoxy groups -OCH3 is 1. The van der Waals surface area contributed by atoms with Gasteiger partial charge in [0.15, 0.2) is 11.4 Å². The number of nitrogens with one attached hydrogen (secondary N) is 1. The quantitative estimate of drug-likeness (QED) is 0.490. The molecular weight excluding hydrogens is 494 g/mol. The van der Waals surface area contributed by atoms with Crippen molar-refractivity contribution in [2.75, 3.05) is 58.3 Å². The first-order valence-electron chi connectivity index (χ1n) is 11.7. The van der Waals surface area contributed by atoms with Crippen LogP contribution in [-0.4, -0.2) is 85.9 Å². The molecule has 0 saturated carbocycles. The second-order valence-corrected chi connectivity index (χ2v) is 8.62. The minimum Gasteiger partial charge on any atom is -0.502 e. The molecule has 2 amide bonds. The van der Waals surface area contributed by atoms with Gasteiger partial charge in [0.2, 0.25) is 5.43 Å². The SMILES string of the molecule is COCCN1CN(CCC2COCCO2)C(=O)c2c(O)c(=O)c(C(=O)NCc3ccc(F)cc3F)cn21. The second-order valence-electron chi connectivity index (χ2n) is 8.62. The summed E-state index contributed by atoms with van der Waals surface area (Å²) in [4.78, 5) is 40.4. The maximum Gasteiger partial charge on any atom is 0.277 e. The van der Waals surface area contributed by atoms with Gasteiger partial charge in [-0.1, -0.05) is 6.07 Å². The lowest BCUT2D eigenvalue weighted by Crippen LogP contribution is -2.56. The summed E-state index contributed by atoms with van der Waals surface area (Å²) in [5.74, 6) is -3.97. The fourth-order valence-electron chi connectivity index (χ4n) is 4.14. The molecule has 0 spiro atoms. The number of aromatic nitrogens is 1. The molecule has 1 fully saturated rings. The molecule has 0 bridgehead atoms. The number of carbonyl (C=O) groups excluding carboxylic acids is 2. The number of benzene rings is 1. The molecule has 2 aromatic rings. The van der Waals surface area contributed by atoms with Crippen LogP contribution >= 0.6 is 0 Å². The van der Waals surface area contributed by atoms with Gasteiger partial charge in [-0.25, -0.2) is 8.78 Å². The molecule has 0 aliphatic carbocycles. The van der Waals surface area contributed by atoms with E-state index in [-0.39, 0.29) is 50.3 Å². The van der Waals surface area contributed by atoms with Gasteiger partial charge in [0.25, 0.3) is 11.8 Å². The highest BCUT2D eigenvalue weighted by molar-refractivity contribution is 5.99. The molecule has 2 aliphatic heterocycles. The zero-order valence-electron chi connectivity index (χ0n) is 20.2. The standard InChI is InChI=1S/C24H28F2N4O7/c1-35-7-6-29-14-28(5-4-17-13-36-8-9-37-17)24(34)20-22(32)21(31)18(12-30(20)29)23(33)27-11-15-2-3-16(25)10-19(15)26/h2-3,10,12,17,32H,4-9,11,13-14H2,1H3,(H,27,33). The molecular formula is C24H28F2N4O7. The largest absolute Gasteiger partial charge is 0.502 e. The van der Waals surface area contributed by atoms with Crippen molar-refractivity contribution in [1.82, 2.24) is 14.9 Å². The number of carbonyl (C=O) groups is 2. The fourth-order valence-corrected chi connectivity index (χ4v) is 4.14. The zero-order chi connectivity index (χ0) is 26.5. The number of amides is 2. The van der Waals surface area contributed by atoms with Crippen molar-refractivity contribution in [1.29, 1.82) is 0 Å². The van der Waals surface area contributed by atoms with E-state index in [1.165, 1.54) is 22.8 Å². The predicted octanol–water partition coefficient (Wildman–Crippen LogP) is 0.565. The van der Waals surface area contributed by atoms with E-state index in [4.69, 9.17) is 14.2 Å². The molecule has 11 nitrogen and oxygen atoms in total. The van der Waals surface area contributed by atoms with Gasteiger partial charge >= 0.3 is 0 Å². The third kappa shape index (κ3) is 5.89. The Balaban J connectivity index is 1.58. The van der Waals surface area contributed by atoms with Gasteiger partial charge in [0, 0.05) is 38.0 Å². The third-order valence-corrected chi connectivity index (χ3v) is 6.15. The molecule has 1 unspecified atom stereocenters. The van der Waals surface area contributed by atoms with Crippen molar-refractivity contribution in [2.45, 2.75) is 19.1 Å². The average Bonchev–Trinajstić information content (AvgIpc) is 2.89. The lowest BCUT2D eigenvalue weighted by Gasteiger charge is -2.40. The van der Waals surface area contributed by atoms with Crippen LogP contribution in [0.3, 0.4) is 0 Å². The van der Waals surface area contributed by atoms with Crippen LogP contribution in [0, 0.1) is 11.6 Å². The highest BCUT2D eigenvalue weighted by Crippen LogP contribution is 2.22. The monoisotopic (exact) mass is 522 g/mol. The first-order chi connectivity index (χ1) is 17.8. The van der Waals surface area contributed by atoms with E-state index in [0.29, 0.717) is 32.3 Å². The summed E-state index contributed by atoms with van der Waals surface area (Å²) in [5.41, 5.74) is -1.76. The summed E-state index contributed by atoms with van der Waals surface area (Å²) in [7, 11) is 1.50. The van der Waals surface area contributed by atoms with Crippen LogP contribution < -0.4 is 15.8 Å². The molecule has 2 aliphatic rings. The summed E-state index contributed by atoms with van der Waals surface area (Å²) in [6, 6.07) is 2.90. The van der Waals surface area contributed by atoms with Gasteiger partial charge in [-0.05, 0) is 12.5 Å². The number of halogens is 2. The van der Waals surface area contributed by atoms with E-state index in [1.54, 1.807) is 5.01 Å². The Morgan fingerprint density at radius 3 is 2.76 bits per heavy atom. The van der Waals surface area contributed by atoms with E-state index >= 15 is 0 Å². The first kappa shape index (κ1) is 26.5. The Morgan fingerprint density at radius 1 is 1.24 bits per heavy atom. The van der Waals surface area contributed by atoms with Crippen LogP contribution in [0.4, 0.5) is 8.78 Å². The van der Waals surface area contributed by atoms with E-state index in [1.807, 2.05) is 0 Å². The summed E-state index contributed by atoms with van der Waals surface area (Å²) in [5, 5.41) is 14.8. The molecule has 0 radical (unpaired) electrons. The molecule has 1 aromatic carbocycles. The van der Waals surface area contributed by atoms with Crippen LogP contribution in [0.5, 0.6) is 5.75 Å². The fraction of sp³-hybridized carbons (Fsp3) is 0.458. The summed E-state index contributed by atoms with van der Waals surface area (Å²) < 4.78 is 44.5. The van der Waals surface area contributed by atoms with Gasteiger partial charge < -0.3 is 29.5 Å². The average molecular weight is 523 g/mol. The number of hydrogen-bond donors (Lipinski definition) is 2. The van der Waals surface area contributed by atoms with Gasteiger partial charge in [0.1, 0.15) is 23.9 Å². The van der Waals surface area contributed by atoms with Crippen molar-refractivity contribution in [3.63, 3.8) is 0 Å². The Hall–Kier alpha value is -3.55. The van der Waals surface area contributed by atoms with Crippen LogP contribution in [0.25, 0.3) is 0 Å². The van der Waals surface area contributed by atoms with E-state index in [0.717, 1.165) is 12.3 Å². The van der Waals surface area contributed by atoms with Crippen molar-refractivity contribution >= 4 is 11.8 Å². The van der Waals surface area contributed by atoms with Crippen LogP contribution in [0.1, 0.15) is 32.8 Å². The second kappa shape index (κ2) is 11.7. The van der Waals surface area contributed by atoms with E-state index in [2.05, 4.69) is 5.32 Å². The summed E-state index contributed by atoms with van der Waals surface area (Å²) in [6.07, 6.45) is 1.48. The number of aromatic hydroxyl groups is 1. The Bertz CT molecular complexity index is 1220. The smallest absolute Gasteiger partial charge is 0.277 e. The highest BCUT2D eigenvalue weighted by Gasteiger charge is 2.34. The number of nitrogens with zero attached hydrogens (tertiary/aromatic N) is 3. The third-order valence-electron chi connectivity index (χ3n) is 6.15. The maximum atomic E-state index is 13.9. The van der Waals surface area contributed by atoms with Gasteiger partial charge in [-0.2, -0.15) is 0 Å². The molecule has 200 valence electrons. The lowest BCUT2D eigenvalue weighted by atomic mass is 10.1. The Labute approximate surface area is 211 Å². The van der Waals surface area contributed by atoms with Crippen LogP contribution in [0.2, 0.25) is 0 Å². The lowest BCUT2D eigenvalue weighted by molar-refractivity contribution is -0.0922. The molecule has 1 atom stereocenters. The summed E-state index contributed by atoms with van der Waals surface area (Å²) in [6.45, 7) is 2.01. The molecule has 3 heterocycles. The number of hydrogen-bond acceptors (Lipinski definition) is 8. The highest BCUT2D eigenvalue weighted by atomic mass is 19.1. The van der Waals surface area contributed by atoms with Crippen LogP contribution in [0.15, 0.2) is 29.2 Å². The van der Waals surface area contributed by atoms with Gasteiger partial charge in [0.05, 0.1) is 39.1 Å². The minimum absolute atomic E-state index is 0.0110. The molecule has 1 aromatic heterocycles. The summed E-state index contributed by atoms with van der Waals surface area (Å²) >= 11 is 0. The normalized spacial score (nSPS) is 17.6. The topological polar surface area (TPSA) is 123 Å². The van der Waals surface area contributed by atoms with Gasteiger partial charge in [-0.3, -0.25) is 24.1 Å². The number of rotatable bonds is 9. The molecule has 13 heteroatoms.